The summed E-state index contributed by atoms with van der Waals surface area (Å²) in [6.45, 7) is 1.74. The van der Waals surface area contributed by atoms with Crippen LogP contribution < -0.4 is 10.1 Å². The zero-order valence-electron chi connectivity index (χ0n) is 12.8. The molecule has 0 bridgehead atoms. The van der Waals surface area contributed by atoms with E-state index in [1.807, 2.05) is 0 Å². The maximum absolute atomic E-state index is 12.1. The summed E-state index contributed by atoms with van der Waals surface area (Å²) in [6, 6.07) is 11.7. The van der Waals surface area contributed by atoms with Crippen LogP contribution in [0, 0.1) is 0 Å². The number of carbonyl (C=O) groups excluding carboxylic acids is 2. The van der Waals surface area contributed by atoms with Gasteiger partial charge < -0.3 is 14.8 Å². The SMILES string of the molecule is CCOC(=O)c1ccccc1NC(=O)COc1ccc(Br)cc1Cl. The zero-order valence-corrected chi connectivity index (χ0v) is 15.2. The minimum atomic E-state index is -0.495. The number of halogens is 2. The summed E-state index contributed by atoms with van der Waals surface area (Å²) < 4.78 is 11.2. The molecule has 0 aliphatic heterocycles. The summed E-state index contributed by atoms with van der Waals surface area (Å²) in [5.74, 6) is -0.510. The Morgan fingerprint density at radius 1 is 1.21 bits per heavy atom. The zero-order chi connectivity index (χ0) is 17.5. The first-order valence-corrected chi connectivity index (χ1v) is 8.32. The van der Waals surface area contributed by atoms with Gasteiger partial charge in [-0.3, -0.25) is 4.79 Å². The number of carbonyl (C=O) groups is 2. The number of esters is 1. The Kier molecular flexibility index (Phi) is 6.63. The van der Waals surface area contributed by atoms with E-state index in [9.17, 15) is 9.59 Å². The van der Waals surface area contributed by atoms with E-state index in [0.717, 1.165) is 4.47 Å². The van der Waals surface area contributed by atoms with E-state index >= 15 is 0 Å². The van der Waals surface area contributed by atoms with E-state index in [0.29, 0.717) is 16.5 Å². The Morgan fingerprint density at radius 2 is 1.96 bits per heavy atom. The van der Waals surface area contributed by atoms with Crippen molar-refractivity contribution in [2.75, 3.05) is 18.5 Å². The first-order chi connectivity index (χ1) is 11.5. The van der Waals surface area contributed by atoms with Crippen molar-refractivity contribution in [3.05, 3.63) is 57.5 Å². The molecule has 0 saturated heterocycles. The second-order valence-electron chi connectivity index (χ2n) is 4.68. The fraction of sp³-hybridized carbons (Fsp3) is 0.176. The van der Waals surface area contributed by atoms with Gasteiger partial charge in [0.25, 0.3) is 5.91 Å². The average Bonchev–Trinajstić information content (AvgIpc) is 2.54. The Bertz CT molecular complexity index is 751. The molecule has 5 nitrogen and oxygen atoms in total. The fourth-order valence-electron chi connectivity index (χ4n) is 1.90. The lowest BCUT2D eigenvalue weighted by molar-refractivity contribution is -0.118. The van der Waals surface area contributed by atoms with Gasteiger partial charge in [-0.1, -0.05) is 39.7 Å². The van der Waals surface area contributed by atoms with Gasteiger partial charge in [0.15, 0.2) is 6.61 Å². The summed E-state index contributed by atoms with van der Waals surface area (Å²) in [4.78, 5) is 23.9. The molecule has 1 amide bonds. The van der Waals surface area contributed by atoms with Gasteiger partial charge in [0.05, 0.1) is 22.9 Å². The molecule has 0 aliphatic rings. The fourth-order valence-corrected chi connectivity index (χ4v) is 2.63. The Balaban J connectivity index is 2.01. The summed E-state index contributed by atoms with van der Waals surface area (Å²) in [6.07, 6.45) is 0. The molecule has 7 heteroatoms. The number of benzene rings is 2. The molecule has 0 aliphatic carbocycles. The smallest absolute Gasteiger partial charge is 0.340 e. The number of rotatable bonds is 6. The van der Waals surface area contributed by atoms with Crippen molar-refractivity contribution in [2.45, 2.75) is 6.92 Å². The van der Waals surface area contributed by atoms with Crippen molar-refractivity contribution < 1.29 is 19.1 Å². The molecule has 0 aromatic heterocycles. The quantitative estimate of drug-likeness (QED) is 0.719. The molecule has 126 valence electrons. The van der Waals surface area contributed by atoms with E-state index in [4.69, 9.17) is 21.1 Å². The van der Waals surface area contributed by atoms with Crippen LogP contribution in [-0.4, -0.2) is 25.1 Å². The monoisotopic (exact) mass is 411 g/mol. The highest BCUT2D eigenvalue weighted by atomic mass is 79.9. The lowest BCUT2D eigenvalue weighted by atomic mass is 10.2. The van der Waals surface area contributed by atoms with E-state index in [2.05, 4.69) is 21.2 Å². The molecule has 2 aromatic rings. The van der Waals surface area contributed by atoms with Gasteiger partial charge >= 0.3 is 5.97 Å². The van der Waals surface area contributed by atoms with Crippen LogP contribution in [0.4, 0.5) is 5.69 Å². The van der Waals surface area contributed by atoms with Crippen LogP contribution in [0.15, 0.2) is 46.9 Å². The number of para-hydroxylation sites is 1. The molecule has 0 radical (unpaired) electrons. The maximum Gasteiger partial charge on any atom is 0.340 e. The Hall–Kier alpha value is -2.05. The van der Waals surface area contributed by atoms with Crippen molar-refractivity contribution in [1.29, 1.82) is 0 Å². The van der Waals surface area contributed by atoms with Gasteiger partial charge in [-0.25, -0.2) is 4.79 Å². The first kappa shape index (κ1) is 18.3. The second kappa shape index (κ2) is 8.70. The van der Waals surface area contributed by atoms with Crippen LogP contribution in [0.2, 0.25) is 5.02 Å². The number of amides is 1. The van der Waals surface area contributed by atoms with Crippen molar-refractivity contribution >= 4 is 45.1 Å². The maximum atomic E-state index is 12.1. The van der Waals surface area contributed by atoms with Crippen LogP contribution >= 0.6 is 27.5 Å². The predicted octanol–water partition coefficient (Wildman–Crippen LogP) is 4.30. The van der Waals surface area contributed by atoms with E-state index in [-0.39, 0.29) is 18.8 Å². The number of hydrogen-bond acceptors (Lipinski definition) is 4. The van der Waals surface area contributed by atoms with E-state index in [1.165, 1.54) is 0 Å². The lowest BCUT2D eigenvalue weighted by Gasteiger charge is -2.11. The highest BCUT2D eigenvalue weighted by Gasteiger charge is 2.14. The molecule has 0 unspecified atom stereocenters. The second-order valence-corrected chi connectivity index (χ2v) is 6.00. The largest absolute Gasteiger partial charge is 0.482 e. The van der Waals surface area contributed by atoms with Crippen LogP contribution in [0.3, 0.4) is 0 Å². The molecule has 0 atom stereocenters. The van der Waals surface area contributed by atoms with Crippen LogP contribution in [0.25, 0.3) is 0 Å². The van der Waals surface area contributed by atoms with Crippen molar-refractivity contribution in [1.82, 2.24) is 0 Å². The third kappa shape index (κ3) is 4.97. The summed E-state index contributed by atoms with van der Waals surface area (Å²) in [5, 5.41) is 3.03. The minimum absolute atomic E-state index is 0.238. The Labute approximate surface area is 153 Å². The lowest BCUT2D eigenvalue weighted by Crippen LogP contribution is -2.22. The normalized spacial score (nSPS) is 10.1. The van der Waals surface area contributed by atoms with Crippen molar-refractivity contribution in [3.63, 3.8) is 0 Å². The topological polar surface area (TPSA) is 64.6 Å². The highest BCUT2D eigenvalue weighted by Crippen LogP contribution is 2.27. The predicted molar refractivity (Wildman–Crippen MR) is 95.7 cm³/mol. The van der Waals surface area contributed by atoms with Crippen LogP contribution in [0.1, 0.15) is 17.3 Å². The number of anilines is 1. The van der Waals surface area contributed by atoms with Crippen molar-refractivity contribution in [2.24, 2.45) is 0 Å². The molecule has 0 heterocycles. The van der Waals surface area contributed by atoms with Crippen molar-refractivity contribution in [3.8, 4) is 5.75 Å². The van der Waals surface area contributed by atoms with Gasteiger partial charge in [0.1, 0.15) is 5.75 Å². The third-order valence-electron chi connectivity index (χ3n) is 2.95. The summed E-state index contributed by atoms with van der Waals surface area (Å²) in [5.41, 5.74) is 0.654. The number of hydrogen-bond donors (Lipinski definition) is 1. The van der Waals surface area contributed by atoms with E-state index < -0.39 is 11.9 Å². The molecule has 0 saturated carbocycles. The van der Waals surface area contributed by atoms with E-state index in [1.54, 1.807) is 49.4 Å². The Morgan fingerprint density at radius 3 is 2.67 bits per heavy atom. The molecule has 2 aromatic carbocycles. The highest BCUT2D eigenvalue weighted by molar-refractivity contribution is 9.10. The molecule has 24 heavy (non-hydrogen) atoms. The number of ether oxygens (including phenoxy) is 2. The number of nitrogens with one attached hydrogen (secondary N) is 1. The van der Waals surface area contributed by atoms with Gasteiger partial charge in [-0.2, -0.15) is 0 Å². The average molecular weight is 413 g/mol. The molecule has 2 rings (SSSR count). The van der Waals surface area contributed by atoms with Crippen LogP contribution in [-0.2, 0) is 9.53 Å². The molecule has 1 N–H and O–H groups in total. The summed E-state index contributed by atoms with van der Waals surface area (Å²) in [7, 11) is 0. The van der Waals surface area contributed by atoms with Gasteiger partial charge in [0, 0.05) is 4.47 Å². The minimum Gasteiger partial charge on any atom is -0.482 e. The summed E-state index contributed by atoms with van der Waals surface area (Å²) >= 11 is 9.32. The molecule has 0 spiro atoms. The van der Waals surface area contributed by atoms with Gasteiger partial charge in [-0.05, 0) is 37.3 Å². The molecule has 0 fully saturated rings. The standard InChI is InChI=1S/C17H15BrClNO4/c1-2-23-17(22)12-5-3-4-6-14(12)20-16(21)10-24-15-8-7-11(18)9-13(15)19/h3-9H,2,10H2,1H3,(H,20,21). The molecular formula is C17H15BrClNO4. The van der Waals surface area contributed by atoms with Gasteiger partial charge in [0.2, 0.25) is 0 Å². The van der Waals surface area contributed by atoms with Gasteiger partial charge in [-0.15, -0.1) is 0 Å². The molecular weight excluding hydrogens is 398 g/mol. The third-order valence-corrected chi connectivity index (χ3v) is 3.74. The van der Waals surface area contributed by atoms with Crippen LogP contribution in [0.5, 0.6) is 5.75 Å². The first-order valence-electron chi connectivity index (χ1n) is 7.15.